The van der Waals surface area contributed by atoms with Crippen LogP contribution in [0.3, 0.4) is 0 Å². The van der Waals surface area contributed by atoms with Gasteiger partial charge in [-0.1, -0.05) is 41.4 Å². The number of aryl methyl sites for hydroxylation is 1. The van der Waals surface area contributed by atoms with Crippen molar-refractivity contribution in [2.45, 2.75) is 13.5 Å². The smallest absolute Gasteiger partial charge is 0.183 e. The summed E-state index contributed by atoms with van der Waals surface area (Å²) >= 11 is 6.22. The fourth-order valence-corrected chi connectivity index (χ4v) is 2.29. The summed E-state index contributed by atoms with van der Waals surface area (Å²) in [6.45, 7) is 2.63. The van der Waals surface area contributed by atoms with Crippen molar-refractivity contribution >= 4 is 17.3 Å². The summed E-state index contributed by atoms with van der Waals surface area (Å²) in [6.07, 6.45) is 0. The van der Waals surface area contributed by atoms with Gasteiger partial charge in [-0.05, 0) is 41.1 Å². The highest BCUT2D eigenvalue weighted by Gasteiger charge is 2.13. The molecule has 1 heterocycles. The van der Waals surface area contributed by atoms with Crippen molar-refractivity contribution in [2.75, 3.05) is 5.73 Å². The van der Waals surface area contributed by atoms with Crippen LogP contribution in [0.25, 0.3) is 11.4 Å². The third-order valence-electron chi connectivity index (χ3n) is 3.22. The molecule has 0 atom stereocenters. The van der Waals surface area contributed by atoms with Gasteiger partial charge in [-0.3, -0.25) is 0 Å². The first-order valence-electron chi connectivity index (χ1n) is 6.50. The Hall–Kier alpha value is -2.40. The Morgan fingerprint density at radius 1 is 1.14 bits per heavy atom. The second kappa shape index (κ2) is 5.54. The van der Waals surface area contributed by atoms with Gasteiger partial charge in [0.25, 0.3) is 0 Å². The first-order chi connectivity index (χ1) is 10.1. The normalized spacial score (nSPS) is 10.8. The second-order valence-corrected chi connectivity index (χ2v) is 5.29. The summed E-state index contributed by atoms with van der Waals surface area (Å²) in [7, 11) is 0. The predicted octanol–water partition coefficient (Wildman–Crippen LogP) is 2.93. The maximum absolute atomic E-state index is 6.22. The molecule has 0 unspecified atom stereocenters. The molecule has 0 amide bonds. The quantitative estimate of drug-likeness (QED) is 0.755. The van der Waals surface area contributed by atoms with Gasteiger partial charge in [-0.15, -0.1) is 5.10 Å². The van der Waals surface area contributed by atoms with E-state index in [0.717, 1.165) is 11.1 Å². The van der Waals surface area contributed by atoms with Crippen LogP contribution in [0.15, 0.2) is 42.5 Å². The Morgan fingerprint density at radius 3 is 2.67 bits per heavy atom. The van der Waals surface area contributed by atoms with Crippen molar-refractivity contribution in [3.05, 3.63) is 58.6 Å². The van der Waals surface area contributed by atoms with Crippen molar-refractivity contribution in [2.24, 2.45) is 0 Å². The summed E-state index contributed by atoms with van der Waals surface area (Å²) in [4.78, 5) is 0. The number of rotatable bonds is 3. The number of nitrogens with zero attached hydrogens (tertiary/aromatic N) is 4. The summed E-state index contributed by atoms with van der Waals surface area (Å²) < 4.78 is 1.71. The van der Waals surface area contributed by atoms with Crippen molar-refractivity contribution in [1.29, 1.82) is 0 Å². The Morgan fingerprint density at radius 2 is 1.90 bits per heavy atom. The third-order valence-corrected chi connectivity index (χ3v) is 3.55. The van der Waals surface area contributed by atoms with Crippen molar-refractivity contribution < 1.29 is 0 Å². The number of halogens is 1. The third kappa shape index (κ3) is 2.87. The molecule has 0 aliphatic carbocycles. The van der Waals surface area contributed by atoms with E-state index in [1.165, 1.54) is 5.56 Å². The molecule has 0 saturated heterocycles. The maximum Gasteiger partial charge on any atom is 0.183 e. The lowest BCUT2D eigenvalue weighted by molar-refractivity contribution is 0.653. The molecule has 0 radical (unpaired) electrons. The number of hydrogen-bond donors (Lipinski definition) is 1. The lowest BCUT2D eigenvalue weighted by Gasteiger charge is -2.07. The molecule has 3 aromatic rings. The molecule has 1 aromatic heterocycles. The molecule has 0 saturated carbocycles. The van der Waals surface area contributed by atoms with E-state index in [1.807, 2.05) is 0 Å². The van der Waals surface area contributed by atoms with E-state index in [2.05, 4.69) is 46.7 Å². The van der Waals surface area contributed by atoms with Crippen molar-refractivity contribution in [1.82, 2.24) is 20.2 Å². The van der Waals surface area contributed by atoms with Gasteiger partial charge in [0.2, 0.25) is 0 Å². The van der Waals surface area contributed by atoms with Crippen LogP contribution in [-0.2, 0) is 6.54 Å². The molecule has 106 valence electrons. The zero-order valence-electron chi connectivity index (χ0n) is 11.5. The summed E-state index contributed by atoms with van der Waals surface area (Å²) in [5.74, 6) is 0.605. The number of anilines is 1. The predicted molar refractivity (Wildman–Crippen MR) is 83.0 cm³/mol. The highest BCUT2D eigenvalue weighted by molar-refractivity contribution is 6.33. The molecule has 0 bridgehead atoms. The fraction of sp³-hybridized carbons (Fsp3) is 0.133. The van der Waals surface area contributed by atoms with Gasteiger partial charge >= 0.3 is 0 Å². The summed E-state index contributed by atoms with van der Waals surface area (Å²) in [5, 5.41) is 12.4. The zero-order chi connectivity index (χ0) is 14.8. The van der Waals surface area contributed by atoms with Gasteiger partial charge in [-0.25, -0.2) is 4.68 Å². The first kappa shape index (κ1) is 13.6. The molecule has 2 N–H and O–H groups in total. The van der Waals surface area contributed by atoms with E-state index >= 15 is 0 Å². The SMILES string of the molecule is Cc1ccc(Cn2nnnc2-c2cc(N)ccc2Cl)cc1. The molecule has 0 spiro atoms. The number of nitrogens with two attached hydrogens (primary N) is 1. The molecule has 0 aliphatic heterocycles. The van der Waals surface area contributed by atoms with E-state index in [4.69, 9.17) is 17.3 Å². The van der Waals surface area contributed by atoms with Crippen LogP contribution in [0.4, 0.5) is 5.69 Å². The topological polar surface area (TPSA) is 69.6 Å². The zero-order valence-corrected chi connectivity index (χ0v) is 12.2. The van der Waals surface area contributed by atoms with Crippen molar-refractivity contribution in [3.8, 4) is 11.4 Å². The highest BCUT2D eigenvalue weighted by atomic mass is 35.5. The monoisotopic (exact) mass is 299 g/mol. The summed E-state index contributed by atoms with van der Waals surface area (Å²) in [5.41, 5.74) is 9.51. The molecule has 21 heavy (non-hydrogen) atoms. The Labute approximate surface area is 127 Å². The molecule has 6 heteroatoms. The Kier molecular flexibility index (Phi) is 3.58. The summed E-state index contributed by atoms with van der Waals surface area (Å²) in [6, 6.07) is 13.5. The van der Waals surface area contributed by atoms with Crippen molar-refractivity contribution in [3.63, 3.8) is 0 Å². The highest BCUT2D eigenvalue weighted by Crippen LogP contribution is 2.28. The number of aromatic nitrogens is 4. The average molecular weight is 300 g/mol. The number of benzene rings is 2. The standard InChI is InChI=1S/C15H14ClN5/c1-10-2-4-11(5-3-10)9-21-15(18-19-20-21)13-8-12(17)6-7-14(13)16/h2-8H,9,17H2,1H3. The minimum absolute atomic E-state index is 0.573. The van der Waals surface area contributed by atoms with E-state index in [1.54, 1.807) is 22.9 Å². The van der Waals surface area contributed by atoms with Crippen LogP contribution >= 0.6 is 11.6 Å². The van der Waals surface area contributed by atoms with E-state index in [9.17, 15) is 0 Å². The van der Waals surface area contributed by atoms with E-state index < -0.39 is 0 Å². The van der Waals surface area contributed by atoms with Gasteiger partial charge in [0.1, 0.15) is 0 Å². The van der Waals surface area contributed by atoms with E-state index in [-0.39, 0.29) is 0 Å². The van der Waals surface area contributed by atoms with Crippen LogP contribution in [0.1, 0.15) is 11.1 Å². The Bertz CT molecular complexity index is 764. The van der Waals surface area contributed by atoms with Gasteiger partial charge in [-0.2, -0.15) is 0 Å². The number of hydrogen-bond acceptors (Lipinski definition) is 4. The number of tetrazole rings is 1. The van der Waals surface area contributed by atoms with E-state index in [0.29, 0.717) is 23.1 Å². The molecule has 2 aromatic carbocycles. The maximum atomic E-state index is 6.22. The minimum Gasteiger partial charge on any atom is -0.399 e. The largest absolute Gasteiger partial charge is 0.399 e. The molecule has 3 rings (SSSR count). The van der Waals surface area contributed by atoms with Gasteiger partial charge in [0, 0.05) is 11.3 Å². The fourth-order valence-electron chi connectivity index (χ4n) is 2.08. The van der Waals surface area contributed by atoms with Crippen LogP contribution in [0.5, 0.6) is 0 Å². The Balaban J connectivity index is 1.97. The number of nitrogen functional groups attached to an aromatic ring is 1. The van der Waals surface area contributed by atoms with Crippen LogP contribution in [0, 0.1) is 6.92 Å². The lowest BCUT2D eigenvalue weighted by atomic mass is 10.1. The molecular weight excluding hydrogens is 286 g/mol. The first-order valence-corrected chi connectivity index (χ1v) is 6.88. The van der Waals surface area contributed by atoms with Gasteiger partial charge in [0.05, 0.1) is 11.6 Å². The average Bonchev–Trinajstić information content (AvgIpc) is 2.92. The lowest BCUT2D eigenvalue weighted by Crippen LogP contribution is -2.05. The molecule has 5 nitrogen and oxygen atoms in total. The van der Waals surface area contributed by atoms with Gasteiger partial charge < -0.3 is 5.73 Å². The van der Waals surface area contributed by atoms with Crippen LogP contribution in [0.2, 0.25) is 5.02 Å². The van der Waals surface area contributed by atoms with Gasteiger partial charge in [0.15, 0.2) is 5.82 Å². The van der Waals surface area contributed by atoms with Crippen LogP contribution in [-0.4, -0.2) is 20.2 Å². The second-order valence-electron chi connectivity index (χ2n) is 4.89. The molecule has 0 aliphatic rings. The molecular formula is C15H14ClN5. The molecule has 0 fully saturated rings. The minimum atomic E-state index is 0.573. The van der Waals surface area contributed by atoms with Crippen LogP contribution < -0.4 is 5.73 Å².